The Balaban J connectivity index is 0.976. The van der Waals surface area contributed by atoms with Crippen LogP contribution in [0.4, 0.5) is 0 Å². The van der Waals surface area contributed by atoms with Crippen LogP contribution in [0, 0.1) is 0 Å². The summed E-state index contributed by atoms with van der Waals surface area (Å²) in [7, 11) is 0. The summed E-state index contributed by atoms with van der Waals surface area (Å²) in [5, 5.41) is 2.32. The predicted molar refractivity (Wildman–Crippen MR) is 269 cm³/mol. The molecule has 2 heteroatoms. The number of hydrogen-bond acceptors (Lipinski definition) is 2. The van der Waals surface area contributed by atoms with Gasteiger partial charge in [0.1, 0.15) is 0 Å². The van der Waals surface area contributed by atoms with Crippen LogP contribution in [0.25, 0.3) is 89.2 Å². The van der Waals surface area contributed by atoms with Crippen molar-refractivity contribution in [3.63, 3.8) is 0 Å². The van der Waals surface area contributed by atoms with Crippen LogP contribution in [-0.4, -0.2) is 9.97 Å². The summed E-state index contributed by atoms with van der Waals surface area (Å²) in [5.41, 5.74) is 19.2. The van der Waals surface area contributed by atoms with E-state index in [1.54, 1.807) is 0 Å². The summed E-state index contributed by atoms with van der Waals surface area (Å²) in [5.74, 6) is 0.700. The molecule has 65 heavy (non-hydrogen) atoms. The zero-order chi connectivity index (χ0) is 43.2. The van der Waals surface area contributed by atoms with Gasteiger partial charge < -0.3 is 0 Å². The Morgan fingerprint density at radius 3 is 1.43 bits per heavy atom. The molecule has 1 aromatic heterocycles. The fraction of sp³-hybridized carbons (Fsp3) is 0.0159. The average molecular weight is 827 g/mol. The van der Waals surface area contributed by atoms with Crippen molar-refractivity contribution in [2.75, 3.05) is 0 Å². The summed E-state index contributed by atoms with van der Waals surface area (Å²) in [4.78, 5) is 10.4. The van der Waals surface area contributed by atoms with Crippen LogP contribution in [0.5, 0.6) is 0 Å². The number of fused-ring (bicyclic) bond motifs is 4. The molecule has 0 atom stereocenters. The third-order valence-electron chi connectivity index (χ3n) is 13.2. The zero-order valence-corrected chi connectivity index (χ0v) is 35.6. The Hall–Kier alpha value is -8.46. The zero-order valence-electron chi connectivity index (χ0n) is 35.6. The maximum Gasteiger partial charge on any atom is 0.160 e. The van der Waals surface area contributed by atoms with E-state index in [2.05, 4.69) is 237 Å². The first-order chi connectivity index (χ1) is 32.2. The molecule has 0 spiro atoms. The molecule has 0 radical (unpaired) electrons. The molecule has 0 saturated heterocycles. The predicted octanol–water partition coefficient (Wildman–Crippen LogP) is 16.0. The molecule has 2 nitrogen and oxygen atoms in total. The van der Waals surface area contributed by atoms with Gasteiger partial charge in [-0.1, -0.05) is 243 Å². The van der Waals surface area contributed by atoms with E-state index in [1.807, 2.05) is 18.2 Å². The Bertz CT molecular complexity index is 3470. The third-order valence-corrected chi connectivity index (χ3v) is 13.2. The Kier molecular flexibility index (Phi) is 9.43. The molecule has 0 saturated carbocycles. The lowest BCUT2D eigenvalue weighted by Crippen LogP contribution is -2.29. The molecule has 0 N–H and O–H groups in total. The van der Waals surface area contributed by atoms with Gasteiger partial charge in [0.15, 0.2) is 5.82 Å². The van der Waals surface area contributed by atoms with Gasteiger partial charge in [-0.05, 0) is 89.7 Å². The van der Waals surface area contributed by atoms with Gasteiger partial charge in [-0.25, -0.2) is 9.97 Å². The van der Waals surface area contributed by atoms with Crippen molar-refractivity contribution in [3.8, 4) is 78.4 Å². The van der Waals surface area contributed by atoms with E-state index >= 15 is 0 Å². The molecule has 1 heterocycles. The van der Waals surface area contributed by atoms with Gasteiger partial charge in [-0.15, -0.1) is 0 Å². The molecule has 0 amide bonds. The summed E-state index contributed by atoms with van der Waals surface area (Å²) >= 11 is 0. The number of rotatable bonds is 8. The minimum atomic E-state index is -0.484. The first kappa shape index (κ1) is 38.2. The van der Waals surface area contributed by atoms with Crippen LogP contribution in [0.15, 0.2) is 255 Å². The molecular formula is C63H42N2. The first-order valence-electron chi connectivity index (χ1n) is 22.3. The maximum atomic E-state index is 5.27. The third kappa shape index (κ3) is 6.50. The monoisotopic (exact) mass is 826 g/mol. The van der Waals surface area contributed by atoms with E-state index in [0.29, 0.717) is 5.82 Å². The highest BCUT2D eigenvalue weighted by Crippen LogP contribution is 2.58. The maximum absolute atomic E-state index is 5.27. The molecule has 12 rings (SSSR count). The van der Waals surface area contributed by atoms with Crippen LogP contribution in [0.1, 0.15) is 22.3 Å². The highest BCUT2D eigenvalue weighted by atomic mass is 14.9. The standard InChI is InChI=1S/C63H42N2/c1-5-19-43(20-6-1)47-23-17-24-48(41-47)59-42-60(65-62(64-59)46-21-7-2-8-22-46)56-40-39-51(53-29-13-14-30-54(53)56)44-35-37-45(38-36-44)52-32-18-33-57-55-31-15-16-34-58(55)63(61(52)57,49-25-9-3-10-26-49)50-27-11-4-12-28-50/h1-42H. The molecule has 0 fully saturated rings. The molecule has 1 aliphatic carbocycles. The van der Waals surface area contributed by atoms with Crippen molar-refractivity contribution in [1.29, 1.82) is 0 Å². The summed E-state index contributed by atoms with van der Waals surface area (Å²) in [6, 6.07) is 91.9. The number of aromatic nitrogens is 2. The van der Waals surface area contributed by atoms with Crippen molar-refractivity contribution in [3.05, 3.63) is 277 Å². The number of benzene rings is 10. The van der Waals surface area contributed by atoms with Crippen molar-refractivity contribution in [1.82, 2.24) is 9.97 Å². The minimum absolute atomic E-state index is 0.484. The Labute approximate surface area is 379 Å². The first-order valence-corrected chi connectivity index (χ1v) is 22.3. The SMILES string of the molecule is c1ccc(-c2cccc(-c3cc(-c4ccc(-c5ccc(-c6cccc7c6C(c6ccccc6)(c6ccccc6)c6ccccc6-7)cc5)c5ccccc45)nc(-c4ccccc4)n3)c2)cc1. The fourth-order valence-electron chi connectivity index (χ4n) is 10.3. The van der Waals surface area contributed by atoms with Crippen LogP contribution in [0.3, 0.4) is 0 Å². The van der Waals surface area contributed by atoms with Crippen molar-refractivity contribution < 1.29 is 0 Å². The summed E-state index contributed by atoms with van der Waals surface area (Å²) in [6.45, 7) is 0. The topological polar surface area (TPSA) is 25.8 Å². The second-order valence-corrected chi connectivity index (χ2v) is 16.8. The highest BCUT2D eigenvalue weighted by molar-refractivity contribution is 6.05. The lowest BCUT2D eigenvalue weighted by molar-refractivity contribution is 0.770. The largest absolute Gasteiger partial charge is 0.228 e. The number of nitrogens with zero attached hydrogens (tertiary/aromatic N) is 2. The van der Waals surface area contributed by atoms with E-state index in [4.69, 9.17) is 9.97 Å². The second-order valence-electron chi connectivity index (χ2n) is 16.8. The lowest BCUT2D eigenvalue weighted by atomic mass is 9.66. The van der Waals surface area contributed by atoms with E-state index in [9.17, 15) is 0 Å². The molecule has 0 bridgehead atoms. The van der Waals surface area contributed by atoms with Gasteiger partial charge >= 0.3 is 0 Å². The Morgan fingerprint density at radius 1 is 0.262 bits per heavy atom. The molecule has 0 unspecified atom stereocenters. The van der Waals surface area contributed by atoms with Gasteiger partial charge in [0.2, 0.25) is 0 Å². The van der Waals surface area contributed by atoms with Gasteiger partial charge in [0.05, 0.1) is 16.8 Å². The minimum Gasteiger partial charge on any atom is -0.228 e. The van der Waals surface area contributed by atoms with Gasteiger partial charge in [-0.3, -0.25) is 0 Å². The van der Waals surface area contributed by atoms with E-state index in [1.165, 1.54) is 61.0 Å². The van der Waals surface area contributed by atoms with E-state index < -0.39 is 5.41 Å². The highest BCUT2D eigenvalue weighted by Gasteiger charge is 2.47. The van der Waals surface area contributed by atoms with Crippen LogP contribution in [0.2, 0.25) is 0 Å². The number of hydrogen-bond donors (Lipinski definition) is 0. The summed E-state index contributed by atoms with van der Waals surface area (Å²) in [6.07, 6.45) is 0. The molecule has 10 aromatic carbocycles. The lowest BCUT2D eigenvalue weighted by Gasteiger charge is -2.35. The van der Waals surface area contributed by atoms with Crippen LogP contribution >= 0.6 is 0 Å². The normalized spacial score (nSPS) is 12.4. The summed E-state index contributed by atoms with van der Waals surface area (Å²) < 4.78 is 0. The van der Waals surface area contributed by atoms with Gasteiger partial charge in [0.25, 0.3) is 0 Å². The molecule has 11 aromatic rings. The molecular weight excluding hydrogens is 785 g/mol. The quantitative estimate of drug-likeness (QED) is 0.152. The van der Waals surface area contributed by atoms with E-state index in [0.717, 1.165) is 44.6 Å². The van der Waals surface area contributed by atoms with Gasteiger partial charge in [-0.2, -0.15) is 0 Å². The molecule has 0 aliphatic heterocycles. The van der Waals surface area contributed by atoms with Crippen molar-refractivity contribution in [2.45, 2.75) is 5.41 Å². The molecule has 1 aliphatic rings. The van der Waals surface area contributed by atoms with Crippen LogP contribution in [-0.2, 0) is 5.41 Å². The van der Waals surface area contributed by atoms with Crippen molar-refractivity contribution >= 4 is 10.8 Å². The average Bonchev–Trinajstić information content (AvgIpc) is 3.71. The Morgan fingerprint density at radius 2 is 0.738 bits per heavy atom. The van der Waals surface area contributed by atoms with Gasteiger partial charge in [0, 0.05) is 16.7 Å². The smallest absolute Gasteiger partial charge is 0.160 e. The van der Waals surface area contributed by atoms with Crippen LogP contribution < -0.4 is 0 Å². The second kappa shape index (κ2) is 16.0. The molecule has 304 valence electrons. The fourth-order valence-corrected chi connectivity index (χ4v) is 10.3. The van der Waals surface area contributed by atoms with Crippen molar-refractivity contribution in [2.24, 2.45) is 0 Å². The van der Waals surface area contributed by atoms with E-state index in [-0.39, 0.29) is 0 Å².